The molecule has 0 saturated carbocycles. The Bertz CT molecular complexity index is 1160. The molecule has 1 aliphatic heterocycles. The van der Waals surface area contributed by atoms with Gasteiger partial charge in [-0.15, -0.1) is 0 Å². The van der Waals surface area contributed by atoms with Crippen molar-refractivity contribution >= 4 is 28.4 Å². The fourth-order valence-corrected chi connectivity index (χ4v) is 4.28. The maximum Gasteiger partial charge on any atom is 0.254 e. The third kappa shape index (κ3) is 4.55. The van der Waals surface area contributed by atoms with Crippen molar-refractivity contribution in [1.29, 1.82) is 0 Å². The van der Waals surface area contributed by atoms with Crippen LogP contribution in [0.3, 0.4) is 0 Å². The summed E-state index contributed by atoms with van der Waals surface area (Å²) in [6.07, 6.45) is 1.85. The molecule has 32 heavy (non-hydrogen) atoms. The summed E-state index contributed by atoms with van der Waals surface area (Å²) in [5, 5.41) is 4.01. The fourth-order valence-electron chi connectivity index (χ4n) is 4.28. The van der Waals surface area contributed by atoms with E-state index < -0.39 is 0 Å². The van der Waals surface area contributed by atoms with Crippen molar-refractivity contribution in [3.8, 4) is 0 Å². The Labute approximate surface area is 188 Å². The second kappa shape index (κ2) is 9.17. The normalized spacial score (nSPS) is 15.8. The smallest absolute Gasteiger partial charge is 0.254 e. The van der Waals surface area contributed by atoms with E-state index in [2.05, 4.69) is 10.3 Å². The highest BCUT2D eigenvalue weighted by Crippen LogP contribution is 2.24. The fraction of sp³-hybridized carbons (Fsp3) is 0.385. The number of aromatic nitrogens is 1. The van der Waals surface area contributed by atoms with E-state index in [1.165, 1.54) is 0 Å². The number of nitrogens with one attached hydrogen (secondary N) is 2. The molecule has 0 spiro atoms. The molecular weight excluding hydrogens is 402 g/mol. The number of carbonyl (C=O) groups is 2. The highest BCUT2D eigenvalue weighted by molar-refractivity contribution is 6.02. The number of hydrogen-bond donors (Lipinski definition) is 2. The Morgan fingerprint density at radius 1 is 1.12 bits per heavy atom. The minimum Gasteiger partial charge on any atom is -0.376 e. The quantitative estimate of drug-likeness (QED) is 0.594. The summed E-state index contributed by atoms with van der Waals surface area (Å²) >= 11 is 0. The lowest BCUT2D eigenvalue weighted by atomic mass is 10.1. The van der Waals surface area contributed by atoms with Crippen molar-refractivity contribution < 1.29 is 14.3 Å². The van der Waals surface area contributed by atoms with Gasteiger partial charge in [0.05, 0.1) is 6.10 Å². The van der Waals surface area contributed by atoms with Crippen molar-refractivity contribution in [3.05, 3.63) is 64.3 Å². The molecule has 0 radical (unpaired) electrons. The highest BCUT2D eigenvalue weighted by atomic mass is 16.5. The average molecular weight is 434 g/mol. The van der Waals surface area contributed by atoms with Crippen LogP contribution >= 0.6 is 0 Å². The summed E-state index contributed by atoms with van der Waals surface area (Å²) in [7, 11) is 0. The molecule has 4 rings (SSSR count). The average Bonchev–Trinajstić information content (AvgIpc) is 3.38. The van der Waals surface area contributed by atoms with E-state index in [9.17, 15) is 9.59 Å². The van der Waals surface area contributed by atoms with Gasteiger partial charge in [0.25, 0.3) is 5.91 Å². The molecule has 2 aromatic carbocycles. The van der Waals surface area contributed by atoms with Crippen molar-refractivity contribution in [3.63, 3.8) is 0 Å². The lowest BCUT2D eigenvalue weighted by molar-refractivity contribution is -0.117. The van der Waals surface area contributed by atoms with Crippen molar-refractivity contribution in [2.45, 2.75) is 46.6 Å². The molecule has 0 unspecified atom stereocenters. The van der Waals surface area contributed by atoms with Crippen LogP contribution in [-0.4, -0.2) is 47.5 Å². The zero-order valence-corrected chi connectivity index (χ0v) is 19.2. The number of H-pyrrole nitrogens is 1. The van der Waals surface area contributed by atoms with Gasteiger partial charge in [-0.25, -0.2) is 0 Å². The van der Waals surface area contributed by atoms with Gasteiger partial charge in [-0.05, 0) is 81.5 Å². The Kier molecular flexibility index (Phi) is 6.33. The summed E-state index contributed by atoms with van der Waals surface area (Å²) in [6, 6.07) is 11.5. The van der Waals surface area contributed by atoms with Crippen LogP contribution in [0.5, 0.6) is 0 Å². The number of fused-ring (bicyclic) bond motifs is 1. The molecule has 0 bridgehead atoms. The SMILES string of the molecule is Cc1cccc(NC(=O)CN(C[C@H]2CCCO2)C(=O)c2ccc3[nH]c(C)c(C)c3c2)c1C. The second-order valence-electron chi connectivity index (χ2n) is 8.75. The predicted octanol–water partition coefficient (Wildman–Crippen LogP) is 4.66. The second-order valence-corrected chi connectivity index (χ2v) is 8.75. The monoisotopic (exact) mass is 433 g/mol. The number of hydrogen-bond acceptors (Lipinski definition) is 3. The van der Waals surface area contributed by atoms with Crippen molar-refractivity contribution in [1.82, 2.24) is 9.88 Å². The van der Waals surface area contributed by atoms with E-state index in [1.807, 2.05) is 64.1 Å². The number of aryl methyl sites for hydroxylation is 3. The van der Waals surface area contributed by atoms with E-state index in [-0.39, 0.29) is 24.5 Å². The van der Waals surface area contributed by atoms with Gasteiger partial charge in [0.1, 0.15) is 6.54 Å². The highest BCUT2D eigenvalue weighted by Gasteiger charge is 2.26. The lowest BCUT2D eigenvalue weighted by Gasteiger charge is -2.25. The lowest BCUT2D eigenvalue weighted by Crippen LogP contribution is -2.42. The molecule has 1 aromatic heterocycles. The van der Waals surface area contributed by atoms with Crippen LogP contribution in [0.15, 0.2) is 36.4 Å². The van der Waals surface area contributed by atoms with Crippen molar-refractivity contribution in [2.75, 3.05) is 25.0 Å². The molecule has 1 atom stereocenters. The molecule has 0 aliphatic carbocycles. The molecular formula is C26H31N3O3. The molecule has 2 N–H and O–H groups in total. The Hall–Kier alpha value is -3.12. The van der Waals surface area contributed by atoms with E-state index in [0.717, 1.165) is 51.8 Å². The van der Waals surface area contributed by atoms with Gasteiger partial charge in [0.15, 0.2) is 0 Å². The molecule has 168 valence electrons. The van der Waals surface area contributed by atoms with Gasteiger partial charge in [0, 0.05) is 41.0 Å². The van der Waals surface area contributed by atoms with Crippen molar-refractivity contribution in [2.24, 2.45) is 0 Å². The van der Waals surface area contributed by atoms with Crippen LogP contribution in [0.1, 0.15) is 45.6 Å². The van der Waals surface area contributed by atoms with Crippen LogP contribution in [0.4, 0.5) is 5.69 Å². The zero-order chi connectivity index (χ0) is 22.8. The Morgan fingerprint density at radius 2 is 1.94 bits per heavy atom. The first-order chi connectivity index (χ1) is 15.3. The summed E-state index contributed by atoms with van der Waals surface area (Å²) in [5.74, 6) is -0.364. The number of ether oxygens (including phenoxy) is 1. The molecule has 1 fully saturated rings. The number of amides is 2. The molecule has 2 heterocycles. The Balaban J connectivity index is 1.56. The van der Waals surface area contributed by atoms with Crippen LogP contribution in [0, 0.1) is 27.7 Å². The molecule has 2 amide bonds. The first kappa shape index (κ1) is 22.1. The van der Waals surface area contributed by atoms with E-state index in [0.29, 0.717) is 18.7 Å². The molecule has 1 saturated heterocycles. The largest absolute Gasteiger partial charge is 0.376 e. The van der Waals surface area contributed by atoms with Gasteiger partial charge in [-0.3, -0.25) is 9.59 Å². The van der Waals surface area contributed by atoms with Crippen LogP contribution in [0.2, 0.25) is 0 Å². The van der Waals surface area contributed by atoms with Crippen LogP contribution in [-0.2, 0) is 9.53 Å². The molecule has 6 nitrogen and oxygen atoms in total. The summed E-state index contributed by atoms with van der Waals surface area (Å²) < 4.78 is 5.77. The molecule has 6 heteroatoms. The van der Waals surface area contributed by atoms with Crippen LogP contribution < -0.4 is 5.32 Å². The van der Waals surface area contributed by atoms with E-state index in [4.69, 9.17) is 4.74 Å². The maximum atomic E-state index is 13.5. The first-order valence-electron chi connectivity index (χ1n) is 11.2. The summed E-state index contributed by atoms with van der Waals surface area (Å²) in [5.41, 5.74) is 6.73. The summed E-state index contributed by atoms with van der Waals surface area (Å²) in [4.78, 5) is 31.4. The minimum atomic E-state index is -0.209. The number of benzene rings is 2. The Morgan fingerprint density at radius 3 is 2.69 bits per heavy atom. The number of carbonyl (C=O) groups excluding carboxylic acids is 2. The van der Waals surface area contributed by atoms with E-state index in [1.54, 1.807) is 4.90 Å². The van der Waals surface area contributed by atoms with Gasteiger partial charge in [0.2, 0.25) is 5.91 Å². The van der Waals surface area contributed by atoms with Gasteiger partial charge in [-0.1, -0.05) is 12.1 Å². The van der Waals surface area contributed by atoms with Gasteiger partial charge < -0.3 is 19.9 Å². The number of rotatable bonds is 6. The number of nitrogens with zero attached hydrogens (tertiary/aromatic N) is 1. The predicted molar refractivity (Wildman–Crippen MR) is 127 cm³/mol. The zero-order valence-electron chi connectivity index (χ0n) is 19.2. The van der Waals surface area contributed by atoms with Gasteiger partial charge in [-0.2, -0.15) is 0 Å². The maximum absolute atomic E-state index is 13.5. The number of aromatic amines is 1. The molecule has 3 aromatic rings. The minimum absolute atomic E-state index is 0.0186. The topological polar surface area (TPSA) is 74.4 Å². The first-order valence-corrected chi connectivity index (χ1v) is 11.2. The number of anilines is 1. The van der Waals surface area contributed by atoms with Gasteiger partial charge >= 0.3 is 0 Å². The third-order valence-corrected chi connectivity index (χ3v) is 6.50. The van der Waals surface area contributed by atoms with Crippen LogP contribution in [0.25, 0.3) is 10.9 Å². The molecule has 1 aliphatic rings. The van der Waals surface area contributed by atoms with E-state index >= 15 is 0 Å². The third-order valence-electron chi connectivity index (χ3n) is 6.50. The summed E-state index contributed by atoms with van der Waals surface area (Å²) in [6.45, 7) is 9.16. The standard InChI is InChI=1S/C26H31N3O3/c1-16-7-5-9-23(17(16)2)28-25(30)15-29(14-21-8-6-12-32-21)26(31)20-10-11-24-22(13-20)18(3)19(4)27-24/h5,7,9-11,13,21,27H,6,8,12,14-15H2,1-4H3,(H,28,30)/t21-/m1/s1.